The van der Waals surface area contributed by atoms with Crippen molar-refractivity contribution in [2.75, 3.05) is 13.7 Å². The van der Waals surface area contributed by atoms with E-state index in [1.807, 2.05) is 0 Å². The summed E-state index contributed by atoms with van der Waals surface area (Å²) < 4.78 is 9.92. The van der Waals surface area contributed by atoms with Crippen molar-refractivity contribution in [1.82, 2.24) is 0 Å². The molecular weight excluding hydrogens is 206 g/mol. The predicted molar refractivity (Wildman–Crippen MR) is 47.7 cm³/mol. The van der Waals surface area contributed by atoms with Crippen LogP contribution < -0.4 is 0 Å². The van der Waals surface area contributed by atoms with Crippen LogP contribution in [0, 0.1) is 0 Å². The molecule has 86 valence electrons. The average Bonchev–Trinajstić information content (AvgIpc) is 2.25. The minimum absolute atomic E-state index is 0.457. The minimum Gasteiger partial charge on any atom is -0.394 e. The Morgan fingerprint density at radius 1 is 1.47 bits per heavy atom. The molecule has 0 aromatic rings. The molecule has 3 N–H and O–H groups in total. The number of methoxy groups -OCH3 is 1. The van der Waals surface area contributed by atoms with Gasteiger partial charge < -0.3 is 24.8 Å². The third-order valence-electron chi connectivity index (χ3n) is 2.27. The number of rotatable bonds is 3. The molecule has 3 unspecified atom stereocenters. The molecule has 0 aliphatic carbocycles. The molecule has 0 aromatic carbocycles. The molecule has 1 rings (SSSR count). The van der Waals surface area contributed by atoms with Crippen molar-refractivity contribution in [2.24, 2.45) is 5.11 Å². The van der Waals surface area contributed by atoms with Crippen molar-refractivity contribution in [3.8, 4) is 0 Å². The molecule has 1 aliphatic heterocycles. The first kappa shape index (κ1) is 12.2. The normalized spacial score (nSPS) is 40.9. The lowest BCUT2D eigenvalue weighted by Crippen LogP contribution is -2.58. The highest BCUT2D eigenvalue weighted by atomic mass is 16.7. The van der Waals surface area contributed by atoms with Crippen LogP contribution in [-0.4, -0.2) is 59.7 Å². The van der Waals surface area contributed by atoms with Crippen molar-refractivity contribution in [2.45, 2.75) is 30.6 Å². The van der Waals surface area contributed by atoms with Gasteiger partial charge in [0.1, 0.15) is 18.2 Å². The van der Waals surface area contributed by atoms with Gasteiger partial charge in [-0.15, -0.1) is 0 Å². The largest absolute Gasteiger partial charge is 0.394 e. The lowest BCUT2D eigenvalue weighted by atomic mass is 9.98. The molecule has 0 radical (unpaired) electrons. The van der Waals surface area contributed by atoms with Crippen LogP contribution in [0.25, 0.3) is 10.4 Å². The van der Waals surface area contributed by atoms with Crippen molar-refractivity contribution < 1.29 is 24.8 Å². The van der Waals surface area contributed by atoms with E-state index in [1.165, 1.54) is 7.11 Å². The van der Waals surface area contributed by atoms with Crippen molar-refractivity contribution in [3.63, 3.8) is 0 Å². The van der Waals surface area contributed by atoms with Gasteiger partial charge in [-0.25, -0.2) is 0 Å². The number of aliphatic hydroxyl groups excluding tert-OH is 3. The van der Waals surface area contributed by atoms with Gasteiger partial charge in [0.2, 0.25) is 0 Å². The number of nitrogens with zero attached hydrogens (tertiary/aromatic N) is 3. The Morgan fingerprint density at radius 3 is 2.60 bits per heavy atom. The van der Waals surface area contributed by atoms with Crippen molar-refractivity contribution in [3.05, 3.63) is 10.4 Å². The van der Waals surface area contributed by atoms with Gasteiger partial charge in [0, 0.05) is 12.0 Å². The summed E-state index contributed by atoms with van der Waals surface area (Å²) in [6.07, 6.45) is -4.56. The second-order valence-electron chi connectivity index (χ2n) is 3.14. The smallest absolute Gasteiger partial charge is 0.168 e. The molecule has 1 heterocycles. The van der Waals surface area contributed by atoms with Crippen LogP contribution in [0.1, 0.15) is 0 Å². The molecule has 1 aliphatic rings. The van der Waals surface area contributed by atoms with E-state index in [0.29, 0.717) is 0 Å². The summed E-state index contributed by atoms with van der Waals surface area (Å²) in [7, 11) is 1.31. The highest BCUT2D eigenvalue weighted by Crippen LogP contribution is 2.23. The summed E-state index contributed by atoms with van der Waals surface area (Å²) in [5.74, 6) is 0. The molecule has 0 spiro atoms. The van der Waals surface area contributed by atoms with E-state index in [9.17, 15) is 10.2 Å². The summed E-state index contributed by atoms with van der Waals surface area (Å²) in [6, 6.07) is -1.03. The zero-order chi connectivity index (χ0) is 11.4. The Bertz CT molecular complexity index is 255. The first-order valence-corrected chi connectivity index (χ1v) is 4.35. The van der Waals surface area contributed by atoms with Gasteiger partial charge >= 0.3 is 0 Å². The highest BCUT2D eigenvalue weighted by molar-refractivity contribution is 4.93. The maximum absolute atomic E-state index is 9.59. The number of azide groups is 1. The second-order valence-corrected chi connectivity index (χ2v) is 3.14. The molecule has 8 heteroatoms. The number of hydrogen-bond donors (Lipinski definition) is 3. The summed E-state index contributed by atoms with van der Waals surface area (Å²) >= 11 is 0. The van der Waals surface area contributed by atoms with Gasteiger partial charge in [0.05, 0.1) is 12.7 Å². The molecule has 0 aromatic heterocycles. The van der Waals surface area contributed by atoms with Gasteiger partial charge in [0.25, 0.3) is 0 Å². The van der Waals surface area contributed by atoms with Crippen LogP contribution in [0.15, 0.2) is 5.11 Å². The van der Waals surface area contributed by atoms with Gasteiger partial charge in [0.15, 0.2) is 6.29 Å². The molecule has 5 atom stereocenters. The van der Waals surface area contributed by atoms with E-state index in [0.717, 1.165) is 0 Å². The van der Waals surface area contributed by atoms with Gasteiger partial charge in [-0.05, 0) is 5.53 Å². The summed E-state index contributed by atoms with van der Waals surface area (Å²) in [6.45, 7) is -0.457. The number of aliphatic hydroxyl groups is 3. The summed E-state index contributed by atoms with van der Waals surface area (Å²) in [5, 5.41) is 31.2. The third kappa shape index (κ3) is 2.37. The topological polar surface area (TPSA) is 128 Å². The van der Waals surface area contributed by atoms with E-state index < -0.39 is 37.3 Å². The van der Waals surface area contributed by atoms with Crippen molar-refractivity contribution >= 4 is 0 Å². The van der Waals surface area contributed by atoms with Crippen LogP contribution >= 0.6 is 0 Å². The highest BCUT2D eigenvalue weighted by Gasteiger charge is 2.43. The summed E-state index contributed by atoms with van der Waals surface area (Å²) in [4.78, 5) is 2.52. The van der Waals surface area contributed by atoms with Crippen LogP contribution in [-0.2, 0) is 9.47 Å². The fraction of sp³-hybridized carbons (Fsp3) is 1.00. The van der Waals surface area contributed by atoms with Crippen molar-refractivity contribution in [1.29, 1.82) is 0 Å². The van der Waals surface area contributed by atoms with Crippen LogP contribution in [0.2, 0.25) is 0 Å². The number of hydrogen-bond acceptors (Lipinski definition) is 6. The SMILES string of the molecule is COC1OC(CO)[C@H](O)C(O)[C@@H]1N=[N+]=[N-]. The zero-order valence-corrected chi connectivity index (χ0v) is 8.09. The van der Waals surface area contributed by atoms with E-state index in [2.05, 4.69) is 10.0 Å². The molecule has 1 fully saturated rings. The van der Waals surface area contributed by atoms with Crippen LogP contribution in [0.3, 0.4) is 0 Å². The Hall–Kier alpha value is -0.890. The standard InChI is InChI=1S/C7H13N3O5/c1-14-7-4(9-10-8)6(13)5(12)3(2-11)15-7/h3-7,11-13H,2H2,1H3/t3?,4-,5-,6?,7?/m0/s1. The van der Waals surface area contributed by atoms with E-state index in [1.54, 1.807) is 0 Å². The second kappa shape index (κ2) is 5.26. The Labute approximate surface area is 85.7 Å². The fourth-order valence-electron chi connectivity index (χ4n) is 1.44. The molecule has 0 bridgehead atoms. The summed E-state index contributed by atoms with van der Waals surface area (Å²) in [5.41, 5.74) is 8.26. The molecule has 15 heavy (non-hydrogen) atoms. The predicted octanol–water partition coefficient (Wildman–Crippen LogP) is -1.25. The first-order chi connectivity index (χ1) is 7.15. The Morgan fingerprint density at radius 2 is 2.13 bits per heavy atom. The third-order valence-corrected chi connectivity index (χ3v) is 2.27. The lowest BCUT2D eigenvalue weighted by Gasteiger charge is -2.39. The number of ether oxygens (including phenoxy) is 2. The lowest BCUT2D eigenvalue weighted by molar-refractivity contribution is -0.257. The van der Waals surface area contributed by atoms with Gasteiger partial charge in [-0.3, -0.25) is 0 Å². The Kier molecular flexibility index (Phi) is 4.28. The maximum atomic E-state index is 9.59. The van der Waals surface area contributed by atoms with E-state index in [4.69, 9.17) is 20.1 Å². The molecule has 8 nitrogen and oxygen atoms in total. The zero-order valence-electron chi connectivity index (χ0n) is 8.09. The molecule has 1 saturated heterocycles. The quantitative estimate of drug-likeness (QED) is 0.310. The van der Waals surface area contributed by atoms with Crippen LogP contribution in [0.4, 0.5) is 0 Å². The van der Waals surface area contributed by atoms with E-state index >= 15 is 0 Å². The van der Waals surface area contributed by atoms with Gasteiger partial charge in [-0.1, -0.05) is 5.11 Å². The maximum Gasteiger partial charge on any atom is 0.168 e. The monoisotopic (exact) mass is 219 g/mol. The van der Waals surface area contributed by atoms with E-state index in [-0.39, 0.29) is 0 Å². The van der Waals surface area contributed by atoms with Gasteiger partial charge in [-0.2, -0.15) is 0 Å². The Balaban J connectivity index is 2.83. The minimum atomic E-state index is -1.32. The molecular formula is C7H13N3O5. The molecule has 0 saturated carbocycles. The first-order valence-electron chi connectivity index (χ1n) is 4.35. The van der Waals surface area contributed by atoms with Crippen LogP contribution in [0.5, 0.6) is 0 Å². The molecule has 0 amide bonds. The fourth-order valence-corrected chi connectivity index (χ4v) is 1.44. The average molecular weight is 219 g/mol.